The molecule has 0 aliphatic carbocycles. The Bertz CT molecular complexity index is 893. The molecule has 0 aliphatic rings. The molecule has 0 atom stereocenters. The first kappa shape index (κ1) is 14.9. The minimum atomic E-state index is -1.18. The largest absolute Gasteiger partial charge is 0.505 e. The van der Waals surface area contributed by atoms with Gasteiger partial charge in [-0.25, -0.2) is 9.97 Å². The molecule has 3 heterocycles. The first-order valence-electron chi connectivity index (χ1n) is 6.59. The summed E-state index contributed by atoms with van der Waals surface area (Å²) < 4.78 is 0. The molecule has 0 bridgehead atoms. The highest BCUT2D eigenvalue weighted by Crippen LogP contribution is 2.29. The van der Waals surface area contributed by atoms with Crippen molar-refractivity contribution in [3.63, 3.8) is 0 Å². The van der Waals surface area contributed by atoms with Gasteiger partial charge in [-0.15, -0.1) is 11.3 Å². The number of hydrogen-bond donors (Lipinski definition) is 3. The number of carbonyl (C=O) groups excluding carboxylic acids is 1. The highest BCUT2D eigenvalue weighted by Gasteiger charge is 2.17. The molecular formula is C15H11N3O4S. The minimum Gasteiger partial charge on any atom is -0.505 e. The van der Waals surface area contributed by atoms with Crippen molar-refractivity contribution in [1.29, 1.82) is 0 Å². The summed E-state index contributed by atoms with van der Waals surface area (Å²) in [5, 5.41) is 23.2. The molecule has 0 saturated heterocycles. The number of carboxylic acid groups (broad SMARTS) is 1. The van der Waals surface area contributed by atoms with Crippen LogP contribution in [-0.2, 0) is 4.79 Å². The van der Waals surface area contributed by atoms with Gasteiger partial charge in [0, 0.05) is 5.39 Å². The van der Waals surface area contributed by atoms with Gasteiger partial charge in [0.05, 0.1) is 22.3 Å². The van der Waals surface area contributed by atoms with Gasteiger partial charge in [-0.1, -0.05) is 6.07 Å². The van der Waals surface area contributed by atoms with Gasteiger partial charge < -0.3 is 15.5 Å². The smallest absolute Gasteiger partial charge is 0.322 e. The van der Waals surface area contributed by atoms with Crippen molar-refractivity contribution in [2.24, 2.45) is 0 Å². The maximum atomic E-state index is 11.9. The van der Waals surface area contributed by atoms with Crippen molar-refractivity contribution in [3.8, 4) is 16.3 Å². The molecule has 3 aromatic heterocycles. The average molecular weight is 329 g/mol. The molecule has 0 spiro atoms. The molecule has 0 unspecified atom stereocenters. The third-order valence-corrected chi connectivity index (χ3v) is 4.00. The Kier molecular flexibility index (Phi) is 3.90. The highest BCUT2D eigenvalue weighted by atomic mass is 32.1. The number of aromatic nitrogens is 2. The summed E-state index contributed by atoms with van der Waals surface area (Å²) in [6.45, 7) is -0.548. The van der Waals surface area contributed by atoms with Crippen LogP contribution in [0.2, 0.25) is 0 Å². The van der Waals surface area contributed by atoms with E-state index in [4.69, 9.17) is 5.11 Å². The van der Waals surface area contributed by atoms with Crippen LogP contribution < -0.4 is 5.32 Å². The van der Waals surface area contributed by atoms with E-state index in [-0.39, 0.29) is 11.4 Å². The maximum Gasteiger partial charge on any atom is 0.322 e. The summed E-state index contributed by atoms with van der Waals surface area (Å²) >= 11 is 1.54. The van der Waals surface area contributed by atoms with E-state index in [1.807, 2.05) is 17.5 Å². The molecule has 0 radical (unpaired) electrons. The van der Waals surface area contributed by atoms with Crippen molar-refractivity contribution in [3.05, 3.63) is 41.5 Å². The van der Waals surface area contributed by atoms with Crippen LogP contribution in [0.5, 0.6) is 5.75 Å². The normalized spacial score (nSPS) is 10.6. The lowest BCUT2D eigenvalue weighted by Crippen LogP contribution is -2.29. The second kappa shape index (κ2) is 6.01. The Hall–Kier alpha value is -3.00. The van der Waals surface area contributed by atoms with E-state index >= 15 is 0 Å². The topological polar surface area (TPSA) is 112 Å². The van der Waals surface area contributed by atoms with Crippen molar-refractivity contribution >= 4 is 34.1 Å². The van der Waals surface area contributed by atoms with Gasteiger partial charge in [0.2, 0.25) is 0 Å². The lowest BCUT2D eigenvalue weighted by Gasteiger charge is -2.07. The molecule has 8 heteroatoms. The van der Waals surface area contributed by atoms with Gasteiger partial charge in [0.25, 0.3) is 5.91 Å². The Morgan fingerprint density at radius 3 is 2.78 bits per heavy atom. The molecule has 23 heavy (non-hydrogen) atoms. The van der Waals surface area contributed by atoms with Gasteiger partial charge >= 0.3 is 5.97 Å². The summed E-state index contributed by atoms with van der Waals surface area (Å²) in [5.41, 5.74) is 0.962. The number of hydrogen-bond acceptors (Lipinski definition) is 6. The van der Waals surface area contributed by atoms with Crippen LogP contribution in [0.1, 0.15) is 10.5 Å². The van der Waals surface area contributed by atoms with E-state index < -0.39 is 18.4 Å². The van der Waals surface area contributed by atoms with Crippen LogP contribution in [-0.4, -0.2) is 38.6 Å². The van der Waals surface area contributed by atoms with Crippen LogP contribution >= 0.6 is 11.3 Å². The maximum absolute atomic E-state index is 11.9. The number of aromatic hydroxyl groups is 1. The summed E-state index contributed by atoms with van der Waals surface area (Å²) in [6, 6.07) is 7.24. The van der Waals surface area contributed by atoms with Crippen molar-refractivity contribution < 1.29 is 19.8 Å². The number of pyridine rings is 2. The van der Waals surface area contributed by atoms with Gasteiger partial charge in [0.1, 0.15) is 6.54 Å². The monoisotopic (exact) mass is 329 g/mol. The molecule has 3 N–H and O–H groups in total. The summed E-state index contributed by atoms with van der Waals surface area (Å²) in [6.07, 6.45) is 1.38. The Balaban J connectivity index is 1.98. The van der Waals surface area contributed by atoms with E-state index in [0.29, 0.717) is 10.9 Å². The van der Waals surface area contributed by atoms with Crippen LogP contribution in [0.4, 0.5) is 0 Å². The van der Waals surface area contributed by atoms with Gasteiger partial charge in [-0.05, 0) is 23.6 Å². The molecule has 3 aromatic rings. The third-order valence-electron chi connectivity index (χ3n) is 3.11. The van der Waals surface area contributed by atoms with Gasteiger partial charge in [0.15, 0.2) is 11.4 Å². The van der Waals surface area contributed by atoms with E-state index in [2.05, 4.69) is 15.3 Å². The molecule has 0 aliphatic heterocycles. The van der Waals surface area contributed by atoms with Crippen LogP contribution in [0.15, 0.2) is 35.8 Å². The molecule has 0 saturated carbocycles. The second-order valence-electron chi connectivity index (χ2n) is 4.64. The van der Waals surface area contributed by atoms with E-state index in [0.717, 1.165) is 10.6 Å². The number of nitrogens with zero attached hydrogens (tertiary/aromatic N) is 2. The quantitative estimate of drug-likeness (QED) is 0.673. The summed E-state index contributed by atoms with van der Waals surface area (Å²) in [5.74, 6) is -2.26. The van der Waals surface area contributed by atoms with Crippen LogP contribution in [0.25, 0.3) is 21.5 Å². The fourth-order valence-corrected chi connectivity index (χ4v) is 2.75. The predicted octanol–water partition coefficient (Wildman–Crippen LogP) is 1.88. The number of nitrogens with one attached hydrogen (secondary N) is 1. The standard InChI is InChI=1S/C15H11N3O4S/c19-12(20)7-17-15(22)13-14(21)8-3-4-9(11-2-1-5-23-11)18-10(8)6-16-13/h1-6,21H,7H2,(H,17,22)(H,19,20). The second-order valence-corrected chi connectivity index (χ2v) is 5.59. The van der Waals surface area contributed by atoms with E-state index in [1.165, 1.54) is 6.20 Å². The number of thiophene rings is 1. The van der Waals surface area contributed by atoms with Gasteiger partial charge in [-0.3, -0.25) is 9.59 Å². The first-order chi connectivity index (χ1) is 11.1. The number of carbonyl (C=O) groups is 2. The number of aliphatic carboxylic acids is 1. The van der Waals surface area contributed by atoms with Gasteiger partial charge in [-0.2, -0.15) is 0 Å². The molecule has 0 aromatic carbocycles. The Labute approximate surface area is 134 Å². The molecule has 0 fully saturated rings. The van der Waals surface area contributed by atoms with Crippen LogP contribution in [0, 0.1) is 0 Å². The lowest BCUT2D eigenvalue weighted by molar-refractivity contribution is -0.135. The van der Waals surface area contributed by atoms with Crippen molar-refractivity contribution in [2.75, 3.05) is 6.54 Å². The zero-order valence-electron chi connectivity index (χ0n) is 11.7. The fraction of sp³-hybridized carbons (Fsp3) is 0.0667. The summed E-state index contributed by atoms with van der Waals surface area (Å²) in [4.78, 5) is 31.6. The van der Waals surface area contributed by atoms with E-state index in [9.17, 15) is 14.7 Å². The highest BCUT2D eigenvalue weighted by molar-refractivity contribution is 7.13. The fourth-order valence-electron chi connectivity index (χ4n) is 2.06. The number of carboxylic acids is 1. The molecule has 3 rings (SSSR count). The predicted molar refractivity (Wildman–Crippen MR) is 84.5 cm³/mol. The molecular weight excluding hydrogens is 318 g/mol. The number of fused-ring (bicyclic) bond motifs is 1. The zero-order chi connectivity index (χ0) is 16.4. The van der Waals surface area contributed by atoms with E-state index in [1.54, 1.807) is 23.5 Å². The minimum absolute atomic E-state index is 0.232. The lowest BCUT2D eigenvalue weighted by atomic mass is 10.1. The number of amides is 1. The molecule has 116 valence electrons. The third kappa shape index (κ3) is 2.97. The van der Waals surface area contributed by atoms with Crippen molar-refractivity contribution in [2.45, 2.75) is 0 Å². The summed E-state index contributed by atoms with van der Waals surface area (Å²) in [7, 11) is 0. The SMILES string of the molecule is O=C(O)CNC(=O)c1ncc2nc(-c3cccs3)ccc2c1O. The van der Waals surface area contributed by atoms with Crippen LogP contribution in [0.3, 0.4) is 0 Å². The Morgan fingerprint density at radius 1 is 1.26 bits per heavy atom. The van der Waals surface area contributed by atoms with Crippen molar-refractivity contribution in [1.82, 2.24) is 15.3 Å². The Morgan fingerprint density at radius 2 is 2.09 bits per heavy atom. The molecule has 1 amide bonds. The number of rotatable bonds is 4. The molecule has 7 nitrogen and oxygen atoms in total. The zero-order valence-corrected chi connectivity index (χ0v) is 12.5. The average Bonchev–Trinajstić information content (AvgIpc) is 3.07. The first-order valence-corrected chi connectivity index (χ1v) is 7.47.